The molecule has 1 saturated carbocycles. The monoisotopic (exact) mass is 277 g/mol. The van der Waals surface area contributed by atoms with Gasteiger partial charge in [0.05, 0.1) is 32.0 Å². The molecule has 2 fully saturated rings. The molecular weight excluding hydrogens is 254 g/mol. The van der Waals surface area contributed by atoms with E-state index in [-0.39, 0.29) is 12.1 Å². The second-order valence-electron chi connectivity index (χ2n) is 5.41. The second-order valence-corrected chi connectivity index (χ2v) is 5.41. The number of likely N-dealkylation sites (N-methyl/N-ethyl adjacent to an activating group) is 1. The molecule has 110 valence electrons. The molecule has 20 heavy (non-hydrogen) atoms. The zero-order valence-electron chi connectivity index (χ0n) is 12.0. The van der Waals surface area contributed by atoms with Gasteiger partial charge in [-0.25, -0.2) is 0 Å². The van der Waals surface area contributed by atoms with Crippen molar-refractivity contribution >= 4 is 0 Å². The predicted octanol–water partition coefficient (Wildman–Crippen LogP) is 2.29. The van der Waals surface area contributed by atoms with Gasteiger partial charge in [0.15, 0.2) is 0 Å². The van der Waals surface area contributed by atoms with Crippen LogP contribution in [0.1, 0.15) is 31.4 Å². The molecule has 2 unspecified atom stereocenters. The Balaban J connectivity index is 1.68. The van der Waals surface area contributed by atoms with Gasteiger partial charge in [0.2, 0.25) is 0 Å². The minimum Gasteiger partial charge on any atom is -0.490 e. The normalized spacial score (nSPS) is 24.4. The average molecular weight is 277 g/mol. The fourth-order valence-electron chi connectivity index (χ4n) is 2.51. The summed E-state index contributed by atoms with van der Waals surface area (Å²) in [6.45, 7) is 5.04. The Morgan fingerprint density at radius 2 is 2.05 bits per heavy atom. The lowest BCUT2D eigenvalue weighted by Crippen LogP contribution is -2.40. The van der Waals surface area contributed by atoms with E-state index >= 15 is 0 Å². The van der Waals surface area contributed by atoms with Gasteiger partial charge in [-0.15, -0.1) is 0 Å². The Bertz CT molecular complexity index is 410. The maximum Gasteiger partial charge on any atom is 0.119 e. The third-order valence-electron chi connectivity index (χ3n) is 3.70. The van der Waals surface area contributed by atoms with Crippen LogP contribution in [0.3, 0.4) is 0 Å². The lowest BCUT2D eigenvalue weighted by Gasteiger charge is -2.31. The van der Waals surface area contributed by atoms with Crippen molar-refractivity contribution in [3.8, 4) is 5.75 Å². The zero-order chi connectivity index (χ0) is 13.8. The first-order chi connectivity index (χ1) is 9.86. The molecule has 4 nitrogen and oxygen atoms in total. The van der Waals surface area contributed by atoms with Crippen molar-refractivity contribution in [3.05, 3.63) is 29.8 Å². The molecule has 2 aliphatic rings. The van der Waals surface area contributed by atoms with E-state index in [1.807, 2.05) is 0 Å². The SMILES string of the molecule is CCNC(c1ccc(OC2CC2)cc1)C1COCCO1. The van der Waals surface area contributed by atoms with Gasteiger partial charge in [0, 0.05) is 0 Å². The summed E-state index contributed by atoms with van der Waals surface area (Å²) in [4.78, 5) is 0. The first kappa shape index (κ1) is 13.9. The van der Waals surface area contributed by atoms with Crippen LogP contribution < -0.4 is 10.1 Å². The summed E-state index contributed by atoms with van der Waals surface area (Å²) in [5, 5.41) is 3.50. The maximum atomic E-state index is 5.83. The molecule has 0 spiro atoms. The highest BCUT2D eigenvalue weighted by atomic mass is 16.6. The number of hydrogen-bond donors (Lipinski definition) is 1. The maximum absolute atomic E-state index is 5.83. The van der Waals surface area contributed by atoms with E-state index < -0.39 is 0 Å². The third-order valence-corrected chi connectivity index (χ3v) is 3.70. The van der Waals surface area contributed by atoms with E-state index in [1.165, 1.54) is 18.4 Å². The van der Waals surface area contributed by atoms with Crippen LogP contribution in [0.15, 0.2) is 24.3 Å². The number of benzene rings is 1. The fraction of sp³-hybridized carbons (Fsp3) is 0.625. The molecule has 0 radical (unpaired) electrons. The molecule has 0 aromatic heterocycles. The first-order valence-corrected chi connectivity index (χ1v) is 7.56. The summed E-state index contributed by atoms with van der Waals surface area (Å²) < 4.78 is 17.1. The van der Waals surface area contributed by atoms with Crippen molar-refractivity contribution in [2.45, 2.75) is 38.0 Å². The molecule has 1 aliphatic heterocycles. The second kappa shape index (κ2) is 6.57. The Labute approximate surface area is 120 Å². The van der Waals surface area contributed by atoms with Crippen LogP contribution in [-0.4, -0.2) is 38.6 Å². The molecule has 0 amide bonds. The highest BCUT2D eigenvalue weighted by Crippen LogP contribution is 2.28. The molecule has 1 aliphatic carbocycles. The van der Waals surface area contributed by atoms with Crippen LogP contribution >= 0.6 is 0 Å². The summed E-state index contributed by atoms with van der Waals surface area (Å²) in [5.74, 6) is 0.965. The lowest BCUT2D eigenvalue weighted by atomic mass is 10.0. The molecular formula is C16H23NO3. The Hall–Kier alpha value is -1.10. The highest BCUT2D eigenvalue weighted by Gasteiger charge is 2.26. The summed E-state index contributed by atoms with van der Waals surface area (Å²) in [5.41, 5.74) is 1.23. The van der Waals surface area contributed by atoms with Crippen molar-refractivity contribution in [3.63, 3.8) is 0 Å². The molecule has 1 heterocycles. The van der Waals surface area contributed by atoms with Crippen LogP contribution in [-0.2, 0) is 9.47 Å². The number of rotatable bonds is 6. The minimum atomic E-state index is 0.0823. The zero-order valence-corrected chi connectivity index (χ0v) is 12.0. The molecule has 2 atom stereocenters. The predicted molar refractivity (Wildman–Crippen MR) is 77.1 cm³/mol. The highest BCUT2D eigenvalue weighted by molar-refractivity contribution is 5.30. The molecule has 0 bridgehead atoms. The van der Waals surface area contributed by atoms with Crippen LogP contribution in [0.4, 0.5) is 0 Å². The number of hydrogen-bond acceptors (Lipinski definition) is 4. The van der Waals surface area contributed by atoms with E-state index in [2.05, 4.69) is 36.5 Å². The first-order valence-electron chi connectivity index (χ1n) is 7.56. The van der Waals surface area contributed by atoms with E-state index in [9.17, 15) is 0 Å². The Morgan fingerprint density at radius 1 is 1.25 bits per heavy atom. The number of nitrogens with one attached hydrogen (secondary N) is 1. The Kier molecular flexibility index (Phi) is 4.55. The summed E-state index contributed by atoms with van der Waals surface area (Å²) >= 11 is 0. The molecule has 1 saturated heterocycles. The van der Waals surface area contributed by atoms with Gasteiger partial charge in [-0.3, -0.25) is 0 Å². The van der Waals surface area contributed by atoms with Crippen molar-refractivity contribution in [2.24, 2.45) is 0 Å². The summed E-state index contributed by atoms with van der Waals surface area (Å²) in [7, 11) is 0. The Morgan fingerprint density at radius 3 is 2.65 bits per heavy atom. The van der Waals surface area contributed by atoms with Crippen LogP contribution in [0.2, 0.25) is 0 Å². The van der Waals surface area contributed by atoms with E-state index in [0.29, 0.717) is 25.9 Å². The minimum absolute atomic E-state index is 0.0823. The van der Waals surface area contributed by atoms with E-state index in [0.717, 1.165) is 12.3 Å². The van der Waals surface area contributed by atoms with E-state index in [4.69, 9.17) is 14.2 Å². The topological polar surface area (TPSA) is 39.7 Å². The van der Waals surface area contributed by atoms with Gasteiger partial charge in [-0.05, 0) is 37.1 Å². The van der Waals surface area contributed by atoms with Crippen molar-refractivity contribution in [2.75, 3.05) is 26.4 Å². The quantitative estimate of drug-likeness (QED) is 0.866. The largest absolute Gasteiger partial charge is 0.490 e. The fourth-order valence-corrected chi connectivity index (χ4v) is 2.51. The molecule has 4 heteroatoms. The average Bonchev–Trinajstić information content (AvgIpc) is 3.31. The number of ether oxygens (including phenoxy) is 3. The van der Waals surface area contributed by atoms with Gasteiger partial charge in [-0.1, -0.05) is 19.1 Å². The van der Waals surface area contributed by atoms with Gasteiger partial charge >= 0.3 is 0 Å². The van der Waals surface area contributed by atoms with Crippen LogP contribution in [0, 0.1) is 0 Å². The molecule has 3 rings (SSSR count). The summed E-state index contributed by atoms with van der Waals surface area (Å²) in [6.07, 6.45) is 2.91. The molecule has 1 N–H and O–H groups in total. The third kappa shape index (κ3) is 3.51. The van der Waals surface area contributed by atoms with Gasteiger partial charge in [0.1, 0.15) is 11.9 Å². The van der Waals surface area contributed by atoms with E-state index in [1.54, 1.807) is 0 Å². The summed E-state index contributed by atoms with van der Waals surface area (Å²) in [6, 6.07) is 8.55. The molecule has 1 aromatic carbocycles. The van der Waals surface area contributed by atoms with Gasteiger partial charge in [0.25, 0.3) is 0 Å². The lowest BCUT2D eigenvalue weighted by molar-refractivity contribution is -0.102. The van der Waals surface area contributed by atoms with Gasteiger partial charge < -0.3 is 19.5 Å². The van der Waals surface area contributed by atoms with Gasteiger partial charge in [-0.2, -0.15) is 0 Å². The van der Waals surface area contributed by atoms with Crippen molar-refractivity contribution in [1.29, 1.82) is 0 Å². The van der Waals surface area contributed by atoms with Crippen molar-refractivity contribution < 1.29 is 14.2 Å². The van der Waals surface area contributed by atoms with Crippen LogP contribution in [0.25, 0.3) is 0 Å². The smallest absolute Gasteiger partial charge is 0.119 e. The molecule has 1 aromatic rings. The standard InChI is InChI=1S/C16H23NO3/c1-2-17-16(15-11-18-9-10-19-15)12-3-5-13(6-4-12)20-14-7-8-14/h3-6,14-17H,2,7-11H2,1H3. The van der Waals surface area contributed by atoms with Crippen LogP contribution in [0.5, 0.6) is 5.75 Å². The van der Waals surface area contributed by atoms with Crippen molar-refractivity contribution in [1.82, 2.24) is 5.32 Å².